The number of hydrogen-bond donors (Lipinski definition) is 0. The molecule has 19 heavy (non-hydrogen) atoms. The monoisotopic (exact) mass is 258 g/mol. The van der Waals surface area contributed by atoms with Crippen molar-refractivity contribution in [3.05, 3.63) is 29.8 Å². The van der Waals surface area contributed by atoms with Gasteiger partial charge in [0.05, 0.1) is 19.1 Å². The second-order valence-corrected chi connectivity index (χ2v) is 6.19. The van der Waals surface area contributed by atoms with E-state index in [-0.39, 0.29) is 17.4 Å². The van der Waals surface area contributed by atoms with Gasteiger partial charge in [0.15, 0.2) is 0 Å². The van der Waals surface area contributed by atoms with Crippen molar-refractivity contribution >= 4 is 0 Å². The lowest BCUT2D eigenvalue weighted by molar-refractivity contribution is 0.170. The van der Waals surface area contributed by atoms with Crippen LogP contribution in [0.5, 0.6) is 5.75 Å². The normalized spacial score (nSPS) is 24.2. The summed E-state index contributed by atoms with van der Waals surface area (Å²) in [6, 6.07) is 10.6. The van der Waals surface area contributed by atoms with Crippen molar-refractivity contribution in [2.24, 2.45) is 5.92 Å². The van der Waals surface area contributed by atoms with Crippen LogP contribution in [-0.2, 0) is 0 Å². The van der Waals surface area contributed by atoms with Crippen LogP contribution in [0.2, 0.25) is 0 Å². The topological polar surface area (TPSA) is 36.3 Å². The standard InChI is InChI=1S/C16H22N2O/c1-16(2,3)18-10-13(9-17)15(11-18)12-6-5-7-14(8-12)19-4/h5-8,13,15H,10-11H2,1-4H3/t13-,15+/m0/s1. The number of nitriles is 1. The van der Waals surface area contributed by atoms with E-state index in [1.807, 2.05) is 12.1 Å². The molecule has 1 saturated heterocycles. The third kappa shape index (κ3) is 2.90. The lowest BCUT2D eigenvalue weighted by atomic mass is 9.90. The molecule has 1 fully saturated rings. The fourth-order valence-electron chi connectivity index (χ4n) is 2.69. The number of likely N-dealkylation sites (tertiary alicyclic amines) is 1. The second kappa shape index (κ2) is 5.22. The molecular weight excluding hydrogens is 236 g/mol. The average Bonchev–Trinajstić information content (AvgIpc) is 2.83. The highest BCUT2D eigenvalue weighted by atomic mass is 16.5. The molecular formula is C16H22N2O. The maximum absolute atomic E-state index is 9.40. The summed E-state index contributed by atoms with van der Waals surface area (Å²) in [6.45, 7) is 8.40. The molecule has 1 aromatic rings. The van der Waals surface area contributed by atoms with Crippen LogP contribution in [0.4, 0.5) is 0 Å². The van der Waals surface area contributed by atoms with E-state index in [1.165, 1.54) is 5.56 Å². The molecule has 0 unspecified atom stereocenters. The fraction of sp³-hybridized carbons (Fsp3) is 0.562. The van der Waals surface area contributed by atoms with Gasteiger partial charge in [-0.2, -0.15) is 5.26 Å². The summed E-state index contributed by atoms with van der Waals surface area (Å²) in [5, 5.41) is 9.40. The molecule has 0 amide bonds. The zero-order valence-corrected chi connectivity index (χ0v) is 12.2. The number of rotatable bonds is 2. The highest BCUT2D eigenvalue weighted by Crippen LogP contribution is 2.36. The van der Waals surface area contributed by atoms with E-state index in [4.69, 9.17) is 4.74 Å². The summed E-state index contributed by atoms with van der Waals surface area (Å²) in [5.74, 6) is 1.20. The van der Waals surface area contributed by atoms with Crippen molar-refractivity contribution in [2.75, 3.05) is 20.2 Å². The molecule has 0 radical (unpaired) electrons. The van der Waals surface area contributed by atoms with Crippen LogP contribution in [-0.4, -0.2) is 30.6 Å². The molecule has 1 aromatic carbocycles. The highest BCUT2D eigenvalue weighted by molar-refractivity contribution is 5.33. The van der Waals surface area contributed by atoms with Crippen molar-refractivity contribution in [2.45, 2.75) is 32.2 Å². The first-order valence-electron chi connectivity index (χ1n) is 6.74. The van der Waals surface area contributed by atoms with E-state index >= 15 is 0 Å². The van der Waals surface area contributed by atoms with Gasteiger partial charge < -0.3 is 4.74 Å². The average molecular weight is 258 g/mol. The minimum atomic E-state index is 0.0614. The molecule has 3 nitrogen and oxygen atoms in total. The van der Waals surface area contributed by atoms with Crippen molar-refractivity contribution in [3.63, 3.8) is 0 Å². The van der Waals surface area contributed by atoms with Crippen LogP contribution in [0.25, 0.3) is 0 Å². The van der Waals surface area contributed by atoms with Gasteiger partial charge in [0, 0.05) is 24.5 Å². The Balaban J connectivity index is 2.26. The summed E-state index contributed by atoms with van der Waals surface area (Å²) in [5.41, 5.74) is 1.32. The Hall–Kier alpha value is -1.53. The number of benzene rings is 1. The van der Waals surface area contributed by atoms with Gasteiger partial charge in [-0.25, -0.2) is 0 Å². The predicted molar refractivity (Wildman–Crippen MR) is 76.2 cm³/mol. The van der Waals surface area contributed by atoms with Crippen molar-refractivity contribution in [1.29, 1.82) is 5.26 Å². The van der Waals surface area contributed by atoms with Gasteiger partial charge in [-0.05, 0) is 38.5 Å². The van der Waals surface area contributed by atoms with Crippen molar-refractivity contribution in [1.82, 2.24) is 4.90 Å². The van der Waals surface area contributed by atoms with Gasteiger partial charge in [-0.15, -0.1) is 0 Å². The Morgan fingerprint density at radius 3 is 2.63 bits per heavy atom. The van der Waals surface area contributed by atoms with Crippen LogP contribution >= 0.6 is 0 Å². The van der Waals surface area contributed by atoms with E-state index in [0.717, 1.165) is 18.8 Å². The Morgan fingerprint density at radius 1 is 1.32 bits per heavy atom. The van der Waals surface area contributed by atoms with Gasteiger partial charge in [-0.1, -0.05) is 12.1 Å². The maximum atomic E-state index is 9.40. The van der Waals surface area contributed by atoms with Crippen LogP contribution < -0.4 is 4.74 Å². The molecule has 1 aliphatic rings. The third-order valence-corrected chi connectivity index (χ3v) is 3.96. The number of nitrogens with zero attached hydrogens (tertiary/aromatic N) is 2. The highest BCUT2D eigenvalue weighted by Gasteiger charge is 2.38. The van der Waals surface area contributed by atoms with Crippen LogP contribution in [0, 0.1) is 17.2 Å². The van der Waals surface area contributed by atoms with Crippen molar-refractivity contribution < 1.29 is 4.74 Å². The Kier molecular flexibility index (Phi) is 3.82. The zero-order chi connectivity index (χ0) is 14.0. The summed E-state index contributed by atoms with van der Waals surface area (Å²) < 4.78 is 5.28. The molecule has 2 rings (SSSR count). The SMILES string of the molecule is COc1cccc([C@H]2CN(C(C)(C)C)C[C@@H]2C#N)c1. The lowest BCUT2D eigenvalue weighted by Crippen LogP contribution is -2.39. The van der Waals surface area contributed by atoms with E-state index in [2.05, 4.69) is 43.9 Å². The molecule has 0 saturated carbocycles. The Bertz CT molecular complexity index is 484. The first kappa shape index (κ1) is 13.9. The van der Waals surface area contributed by atoms with Gasteiger partial charge in [-0.3, -0.25) is 4.90 Å². The minimum absolute atomic E-state index is 0.0614. The second-order valence-electron chi connectivity index (χ2n) is 6.19. The van der Waals surface area contributed by atoms with E-state index < -0.39 is 0 Å². The third-order valence-electron chi connectivity index (χ3n) is 3.96. The van der Waals surface area contributed by atoms with E-state index in [9.17, 15) is 5.26 Å². The minimum Gasteiger partial charge on any atom is -0.497 e. The lowest BCUT2D eigenvalue weighted by Gasteiger charge is -2.31. The summed E-state index contributed by atoms with van der Waals surface area (Å²) >= 11 is 0. The molecule has 0 aliphatic carbocycles. The predicted octanol–water partition coefficient (Wildman–Crippen LogP) is 3.03. The molecule has 0 bridgehead atoms. The van der Waals surface area contributed by atoms with Crippen LogP contribution in [0.3, 0.4) is 0 Å². The van der Waals surface area contributed by atoms with Gasteiger partial charge >= 0.3 is 0 Å². The molecule has 102 valence electrons. The van der Waals surface area contributed by atoms with Crippen LogP contribution in [0.15, 0.2) is 24.3 Å². The number of hydrogen-bond acceptors (Lipinski definition) is 3. The summed E-state index contributed by atoms with van der Waals surface area (Å²) in [4.78, 5) is 2.39. The summed E-state index contributed by atoms with van der Waals surface area (Å²) in [6.07, 6.45) is 0. The maximum Gasteiger partial charge on any atom is 0.119 e. The Labute approximate surface area is 115 Å². The van der Waals surface area contributed by atoms with Crippen LogP contribution in [0.1, 0.15) is 32.3 Å². The smallest absolute Gasteiger partial charge is 0.119 e. The zero-order valence-electron chi connectivity index (χ0n) is 12.2. The van der Waals surface area contributed by atoms with Gasteiger partial charge in [0.2, 0.25) is 0 Å². The van der Waals surface area contributed by atoms with E-state index in [0.29, 0.717) is 0 Å². The van der Waals surface area contributed by atoms with E-state index in [1.54, 1.807) is 7.11 Å². The molecule has 0 aromatic heterocycles. The molecule has 2 atom stereocenters. The fourth-order valence-corrected chi connectivity index (χ4v) is 2.69. The molecule has 0 N–H and O–H groups in total. The quantitative estimate of drug-likeness (QED) is 0.818. The molecule has 0 spiro atoms. The van der Waals surface area contributed by atoms with Gasteiger partial charge in [0.25, 0.3) is 0 Å². The first-order chi connectivity index (χ1) is 8.95. The number of methoxy groups -OCH3 is 1. The largest absolute Gasteiger partial charge is 0.497 e. The number of ether oxygens (including phenoxy) is 1. The Morgan fingerprint density at radius 2 is 2.05 bits per heavy atom. The first-order valence-corrected chi connectivity index (χ1v) is 6.74. The van der Waals surface area contributed by atoms with Crippen molar-refractivity contribution in [3.8, 4) is 11.8 Å². The van der Waals surface area contributed by atoms with Gasteiger partial charge in [0.1, 0.15) is 5.75 Å². The molecule has 1 aliphatic heterocycles. The summed E-state index contributed by atoms with van der Waals surface area (Å²) in [7, 11) is 1.68. The molecule has 1 heterocycles. The molecule has 3 heteroatoms.